The average Bonchev–Trinajstić information content (AvgIpc) is 3.02. The van der Waals surface area contributed by atoms with Crippen LogP contribution >= 0.6 is 23.2 Å². The minimum absolute atomic E-state index is 0.159. The number of benzene rings is 1. The Labute approximate surface area is 156 Å². The van der Waals surface area contributed by atoms with Crippen LogP contribution in [0.25, 0.3) is 11.4 Å². The molecule has 1 aliphatic heterocycles. The lowest BCUT2D eigenvalue weighted by atomic mass is 9.94. The summed E-state index contributed by atoms with van der Waals surface area (Å²) in [6, 6.07) is 5.57. The average molecular weight is 383 g/mol. The third-order valence-electron chi connectivity index (χ3n) is 4.02. The summed E-state index contributed by atoms with van der Waals surface area (Å²) in [6.07, 6.45) is 0. The molecule has 3 rings (SSSR count). The van der Waals surface area contributed by atoms with Crippen molar-refractivity contribution in [3.8, 4) is 11.4 Å². The number of carbonyl (C=O) groups excluding carboxylic acids is 1. The van der Waals surface area contributed by atoms with Crippen LogP contribution in [0, 0.1) is 5.41 Å². The molecule has 25 heavy (non-hydrogen) atoms. The summed E-state index contributed by atoms with van der Waals surface area (Å²) in [5, 5.41) is 5.05. The van der Waals surface area contributed by atoms with Gasteiger partial charge in [-0.25, -0.2) is 0 Å². The van der Waals surface area contributed by atoms with Gasteiger partial charge in [-0.15, -0.1) is 0 Å². The van der Waals surface area contributed by atoms with Gasteiger partial charge >= 0.3 is 6.01 Å². The van der Waals surface area contributed by atoms with Gasteiger partial charge in [0.25, 0.3) is 0 Å². The molecular weight excluding hydrogens is 363 g/mol. The van der Waals surface area contributed by atoms with Crippen LogP contribution in [0.3, 0.4) is 0 Å². The number of anilines is 1. The van der Waals surface area contributed by atoms with Crippen LogP contribution in [0.1, 0.15) is 20.8 Å². The smallest absolute Gasteiger partial charge is 0.324 e. The Hall–Kier alpha value is -1.79. The summed E-state index contributed by atoms with van der Waals surface area (Å²) >= 11 is 12.0. The van der Waals surface area contributed by atoms with Crippen molar-refractivity contribution < 1.29 is 9.32 Å². The first-order valence-corrected chi connectivity index (χ1v) is 8.84. The Bertz CT molecular complexity index is 757. The normalized spacial score (nSPS) is 15.6. The molecule has 134 valence electrons. The second kappa shape index (κ2) is 6.84. The fraction of sp³-hybridized carbons (Fsp3) is 0.471. The van der Waals surface area contributed by atoms with Crippen LogP contribution in [0.5, 0.6) is 0 Å². The molecule has 0 spiro atoms. The van der Waals surface area contributed by atoms with Crippen LogP contribution in [-0.4, -0.2) is 47.1 Å². The van der Waals surface area contributed by atoms with Gasteiger partial charge in [-0.05, 0) is 18.2 Å². The largest absolute Gasteiger partial charge is 0.339 e. The first-order valence-electron chi connectivity index (χ1n) is 8.08. The summed E-state index contributed by atoms with van der Waals surface area (Å²) in [5.41, 5.74) is 0.333. The monoisotopic (exact) mass is 382 g/mol. The van der Waals surface area contributed by atoms with Crippen molar-refractivity contribution in [3.05, 3.63) is 28.2 Å². The fourth-order valence-electron chi connectivity index (χ4n) is 2.72. The van der Waals surface area contributed by atoms with Gasteiger partial charge in [0.05, 0.1) is 0 Å². The van der Waals surface area contributed by atoms with Crippen molar-refractivity contribution in [2.24, 2.45) is 5.41 Å². The molecule has 1 saturated heterocycles. The lowest BCUT2D eigenvalue weighted by Gasteiger charge is -2.36. The SMILES string of the molecule is CC(C)(C)C(=O)N1CCN(c2nc(-c3cc(Cl)cc(Cl)c3)no2)CC1. The van der Waals surface area contributed by atoms with Gasteiger partial charge in [-0.2, -0.15) is 4.98 Å². The zero-order valence-corrected chi connectivity index (χ0v) is 15.9. The molecule has 2 heterocycles. The summed E-state index contributed by atoms with van der Waals surface area (Å²) < 4.78 is 5.38. The number of halogens is 2. The first kappa shape index (κ1) is 18.0. The molecule has 0 radical (unpaired) electrons. The predicted octanol–water partition coefficient (Wildman–Crippen LogP) is 3.74. The lowest BCUT2D eigenvalue weighted by Crippen LogP contribution is -2.51. The molecule has 2 aromatic rings. The molecule has 0 atom stereocenters. The second-order valence-electron chi connectivity index (χ2n) is 7.09. The number of hydrogen-bond donors (Lipinski definition) is 0. The second-order valence-corrected chi connectivity index (χ2v) is 7.96. The molecule has 0 N–H and O–H groups in total. The molecule has 1 aromatic carbocycles. The molecule has 1 amide bonds. The fourth-order valence-corrected chi connectivity index (χ4v) is 3.25. The molecule has 0 bridgehead atoms. The first-order chi connectivity index (χ1) is 11.7. The minimum atomic E-state index is -0.369. The predicted molar refractivity (Wildman–Crippen MR) is 98.0 cm³/mol. The van der Waals surface area contributed by atoms with Crippen LogP contribution < -0.4 is 4.90 Å². The van der Waals surface area contributed by atoms with Gasteiger partial charge < -0.3 is 14.3 Å². The molecule has 1 aliphatic rings. The third-order valence-corrected chi connectivity index (χ3v) is 4.45. The number of rotatable bonds is 2. The maximum absolute atomic E-state index is 12.3. The minimum Gasteiger partial charge on any atom is -0.339 e. The topological polar surface area (TPSA) is 62.5 Å². The quantitative estimate of drug-likeness (QED) is 0.791. The summed E-state index contributed by atoms with van der Waals surface area (Å²) in [6.45, 7) is 8.37. The number of hydrogen-bond acceptors (Lipinski definition) is 5. The van der Waals surface area contributed by atoms with Crippen LogP contribution in [0.2, 0.25) is 10.0 Å². The van der Waals surface area contributed by atoms with E-state index < -0.39 is 0 Å². The zero-order chi connectivity index (χ0) is 18.2. The number of piperazine rings is 1. The van der Waals surface area contributed by atoms with E-state index in [1.807, 2.05) is 30.6 Å². The highest BCUT2D eigenvalue weighted by Crippen LogP contribution is 2.27. The van der Waals surface area contributed by atoms with E-state index >= 15 is 0 Å². The summed E-state index contributed by atoms with van der Waals surface area (Å²) in [4.78, 5) is 20.6. The highest BCUT2D eigenvalue weighted by Gasteiger charge is 2.30. The van der Waals surface area contributed by atoms with Crippen molar-refractivity contribution in [1.29, 1.82) is 0 Å². The van der Waals surface area contributed by atoms with E-state index in [1.165, 1.54) is 0 Å². The van der Waals surface area contributed by atoms with Gasteiger partial charge in [0.15, 0.2) is 0 Å². The van der Waals surface area contributed by atoms with E-state index in [2.05, 4.69) is 10.1 Å². The van der Waals surface area contributed by atoms with E-state index in [0.717, 1.165) is 0 Å². The Morgan fingerprint density at radius 1 is 1.08 bits per heavy atom. The van der Waals surface area contributed by atoms with E-state index in [0.29, 0.717) is 53.6 Å². The molecule has 0 saturated carbocycles. The molecule has 1 aromatic heterocycles. The Kier molecular flexibility index (Phi) is 4.93. The van der Waals surface area contributed by atoms with E-state index in [-0.39, 0.29) is 11.3 Å². The molecule has 1 fully saturated rings. The Morgan fingerprint density at radius 2 is 1.68 bits per heavy atom. The van der Waals surface area contributed by atoms with Crippen molar-refractivity contribution in [2.75, 3.05) is 31.1 Å². The van der Waals surface area contributed by atoms with E-state index in [4.69, 9.17) is 27.7 Å². The van der Waals surface area contributed by atoms with Crippen LogP contribution in [-0.2, 0) is 4.79 Å². The maximum atomic E-state index is 12.3. The molecule has 0 aliphatic carbocycles. The highest BCUT2D eigenvalue weighted by molar-refractivity contribution is 6.35. The van der Waals surface area contributed by atoms with Crippen molar-refractivity contribution in [2.45, 2.75) is 20.8 Å². The zero-order valence-electron chi connectivity index (χ0n) is 14.4. The van der Waals surface area contributed by atoms with E-state index in [1.54, 1.807) is 18.2 Å². The van der Waals surface area contributed by atoms with Gasteiger partial charge in [0.1, 0.15) is 0 Å². The standard InChI is InChI=1S/C17H20Cl2N4O2/c1-17(2,3)15(24)22-4-6-23(7-5-22)16-20-14(21-25-16)11-8-12(18)10-13(19)9-11/h8-10H,4-7H2,1-3H3. The number of aromatic nitrogens is 2. The van der Waals surface area contributed by atoms with Crippen LogP contribution in [0.4, 0.5) is 6.01 Å². The van der Waals surface area contributed by atoms with Crippen LogP contribution in [0.15, 0.2) is 22.7 Å². The maximum Gasteiger partial charge on any atom is 0.324 e. The number of nitrogens with zero attached hydrogens (tertiary/aromatic N) is 4. The molecule has 0 unspecified atom stereocenters. The third kappa shape index (κ3) is 4.07. The van der Waals surface area contributed by atoms with Gasteiger partial charge in [-0.1, -0.05) is 49.1 Å². The summed E-state index contributed by atoms with van der Waals surface area (Å²) in [5.74, 6) is 0.597. The number of amides is 1. The Morgan fingerprint density at radius 3 is 2.24 bits per heavy atom. The number of carbonyl (C=O) groups is 1. The van der Waals surface area contributed by atoms with Gasteiger partial charge in [-0.3, -0.25) is 4.79 Å². The van der Waals surface area contributed by atoms with E-state index in [9.17, 15) is 4.79 Å². The van der Waals surface area contributed by atoms with Crippen molar-refractivity contribution in [1.82, 2.24) is 15.0 Å². The summed E-state index contributed by atoms with van der Waals surface area (Å²) in [7, 11) is 0. The highest BCUT2D eigenvalue weighted by atomic mass is 35.5. The molecule has 6 nitrogen and oxygen atoms in total. The van der Waals surface area contributed by atoms with Gasteiger partial charge in [0.2, 0.25) is 11.7 Å². The van der Waals surface area contributed by atoms with Crippen molar-refractivity contribution >= 4 is 35.1 Å². The lowest BCUT2D eigenvalue weighted by molar-refractivity contribution is -0.139. The van der Waals surface area contributed by atoms with Crippen molar-refractivity contribution in [3.63, 3.8) is 0 Å². The Balaban J connectivity index is 1.69. The van der Waals surface area contributed by atoms with Gasteiger partial charge in [0, 0.05) is 47.2 Å². The molecular formula is C17H20Cl2N4O2. The molecule has 8 heteroatoms.